The fraction of sp³-hybridized carbons (Fsp3) is 0.294. The van der Waals surface area contributed by atoms with Crippen LogP contribution in [0, 0.1) is 0 Å². The molecular weight excluding hydrogens is 236 g/mol. The Morgan fingerprint density at radius 2 is 1.26 bits per heavy atom. The second-order valence-electron chi connectivity index (χ2n) is 4.53. The molecule has 0 aromatic heterocycles. The van der Waals surface area contributed by atoms with Crippen LogP contribution in [0.25, 0.3) is 0 Å². The van der Waals surface area contributed by atoms with Crippen LogP contribution in [0.5, 0.6) is 0 Å². The Hall–Kier alpha value is -1.64. The van der Waals surface area contributed by atoms with Crippen LogP contribution in [0.1, 0.15) is 17.0 Å². The standard InChI is InChI=1S/C17H20O2/c1-18-13-16(19-2)17(14-9-5-3-6-10-14)15-11-7-4-8-12-15/h3-12,16-17H,13H2,1-2H3. The molecule has 0 saturated heterocycles. The highest BCUT2D eigenvalue weighted by molar-refractivity contribution is 5.33. The van der Waals surface area contributed by atoms with Gasteiger partial charge in [-0.25, -0.2) is 0 Å². The zero-order chi connectivity index (χ0) is 13.5. The van der Waals surface area contributed by atoms with E-state index in [1.165, 1.54) is 11.1 Å². The zero-order valence-corrected chi connectivity index (χ0v) is 11.5. The molecule has 0 aliphatic rings. The van der Waals surface area contributed by atoms with E-state index in [2.05, 4.69) is 48.5 Å². The maximum atomic E-state index is 5.64. The Morgan fingerprint density at radius 3 is 1.63 bits per heavy atom. The molecule has 2 heteroatoms. The summed E-state index contributed by atoms with van der Waals surface area (Å²) in [6.45, 7) is 0.574. The van der Waals surface area contributed by atoms with Gasteiger partial charge in [-0.15, -0.1) is 0 Å². The summed E-state index contributed by atoms with van der Waals surface area (Å²) >= 11 is 0. The number of hydrogen-bond acceptors (Lipinski definition) is 2. The third-order valence-corrected chi connectivity index (χ3v) is 3.32. The predicted octanol–water partition coefficient (Wildman–Crippen LogP) is 3.48. The second-order valence-corrected chi connectivity index (χ2v) is 4.53. The Labute approximate surface area is 115 Å². The van der Waals surface area contributed by atoms with Gasteiger partial charge in [-0.1, -0.05) is 60.7 Å². The van der Waals surface area contributed by atoms with Crippen LogP contribution < -0.4 is 0 Å². The molecule has 0 bridgehead atoms. The minimum atomic E-state index is 0.00907. The lowest BCUT2D eigenvalue weighted by molar-refractivity contribution is 0.0188. The SMILES string of the molecule is COCC(OC)C(c1ccccc1)c1ccccc1. The molecule has 2 aromatic rings. The van der Waals surface area contributed by atoms with Gasteiger partial charge in [0.1, 0.15) is 0 Å². The molecule has 0 fully saturated rings. The maximum Gasteiger partial charge on any atom is 0.0913 e. The number of hydrogen-bond donors (Lipinski definition) is 0. The minimum Gasteiger partial charge on any atom is -0.382 e. The number of rotatable bonds is 6. The van der Waals surface area contributed by atoms with Gasteiger partial charge < -0.3 is 9.47 Å². The van der Waals surface area contributed by atoms with Crippen LogP contribution in [0.3, 0.4) is 0 Å². The lowest BCUT2D eigenvalue weighted by Crippen LogP contribution is -2.27. The molecule has 19 heavy (non-hydrogen) atoms. The molecule has 100 valence electrons. The Bertz CT molecular complexity index is 428. The van der Waals surface area contributed by atoms with E-state index < -0.39 is 0 Å². The largest absolute Gasteiger partial charge is 0.382 e. The van der Waals surface area contributed by atoms with Crippen LogP contribution in [-0.4, -0.2) is 26.9 Å². The molecule has 1 unspecified atom stereocenters. The Kier molecular flexibility index (Phi) is 5.13. The molecule has 0 aliphatic carbocycles. The molecule has 0 heterocycles. The maximum absolute atomic E-state index is 5.64. The van der Waals surface area contributed by atoms with E-state index in [4.69, 9.17) is 9.47 Å². The van der Waals surface area contributed by atoms with E-state index in [1.807, 2.05) is 12.1 Å². The first kappa shape index (κ1) is 13.8. The summed E-state index contributed by atoms with van der Waals surface area (Å²) in [7, 11) is 3.45. The molecule has 0 radical (unpaired) electrons. The van der Waals surface area contributed by atoms with E-state index in [1.54, 1.807) is 14.2 Å². The molecule has 2 rings (SSSR count). The van der Waals surface area contributed by atoms with E-state index in [0.717, 1.165) is 0 Å². The zero-order valence-electron chi connectivity index (χ0n) is 11.5. The van der Waals surface area contributed by atoms with E-state index in [9.17, 15) is 0 Å². The molecule has 0 N–H and O–H groups in total. The monoisotopic (exact) mass is 256 g/mol. The van der Waals surface area contributed by atoms with Crippen molar-refractivity contribution in [1.29, 1.82) is 0 Å². The van der Waals surface area contributed by atoms with Crippen LogP contribution in [0.2, 0.25) is 0 Å². The summed E-state index contributed by atoms with van der Waals surface area (Å²) in [6.07, 6.45) is 0.00907. The fourth-order valence-corrected chi connectivity index (χ4v) is 2.41. The Morgan fingerprint density at radius 1 is 0.789 bits per heavy atom. The van der Waals surface area contributed by atoms with E-state index in [0.29, 0.717) is 6.61 Å². The van der Waals surface area contributed by atoms with Crippen molar-refractivity contribution in [2.24, 2.45) is 0 Å². The summed E-state index contributed by atoms with van der Waals surface area (Å²) < 4.78 is 10.9. The van der Waals surface area contributed by atoms with Gasteiger partial charge in [0.25, 0.3) is 0 Å². The molecule has 1 atom stereocenters. The first-order chi connectivity index (χ1) is 9.36. The van der Waals surface area contributed by atoms with Crippen molar-refractivity contribution < 1.29 is 9.47 Å². The van der Waals surface area contributed by atoms with E-state index in [-0.39, 0.29) is 12.0 Å². The van der Waals surface area contributed by atoms with Gasteiger partial charge in [0, 0.05) is 20.1 Å². The van der Waals surface area contributed by atoms with Gasteiger partial charge in [-0.3, -0.25) is 0 Å². The lowest BCUT2D eigenvalue weighted by Gasteiger charge is -2.26. The van der Waals surface area contributed by atoms with Crippen molar-refractivity contribution in [3.8, 4) is 0 Å². The van der Waals surface area contributed by atoms with Gasteiger partial charge in [0.15, 0.2) is 0 Å². The highest BCUT2D eigenvalue weighted by Gasteiger charge is 2.24. The van der Waals surface area contributed by atoms with Gasteiger partial charge in [0.05, 0.1) is 12.7 Å². The summed E-state index contributed by atoms with van der Waals surface area (Å²) in [5.74, 6) is 0.187. The van der Waals surface area contributed by atoms with Gasteiger partial charge in [-0.2, -0.15) is 0 Å². The average molecular weight is 256 g/mol. The van der Waals surface area contributed by atoms with Crippen molar-refractivity contribution in [2.75, 3.05) is 20.8 Å². The predicted molar refractivity (Wildman–Crippen MR) is 77.4 cm³/mol. The van der Waals surface area contributed by atoms with Crippen molar-refractivity contribution in [3.05, 3.63) is 71.8 Å². The van der Waals surface area contributed by atoms with Crippen LogP contribution >= 0.6 is 0 Å². The molecule has 0 spiro atoms. The third kappa shape index (κ3) is 3.43. The minimum absolute atomic E-state index is 0.00907. The first-order valence-corrected chi connectivity index (χ1v) is 6.48. The van der Waals surface area contributed by atoms with Gasteiger partial charge in [-0.05, 0) is 11.1 Å². The average Bonchev–Trinajstić information content (AvgIpc) is 2.49. The van der Waals surface area contributed by atoms with Crippen molar-refractivity contribution in [2.45, 2.75) is 12.0 Å². The van der Waals surface area contributed by atoms with Crippen LogP contribution in [-0.2, 0) is 9.47 Å². The molecule has 2 nitrogen and oxygen atoms in total. The van der Waals surface area contributed by atoms with Crippen molar-refractivity contribution in [3.63, 3.8) is 0 Å². The Balaban J connectivity index is 2.38. The number of methoxy groups -OCH3 is 2. The van der Waals surface area contributed by atoms with Gasteiger partial charge in [0.2, 0.25) is 0 Å². The van der Waals surface area contributed by atoms with Gasteiger partial charge >= 0.3 is 0 Å². The molecule has 0 amide bonds. The van der Waals surface area contributed by atoms with Crippen LogP contribution in [0.15, 0.2) is 60.7 Å². The van der Waals surface area contributed by atoms with Crippen molar-refractivity contribution in [1.82, 2.24) is 0 Å². The first-order valence-electron chi connectivity index (χ1n) is 6.48. The second kappa shape index (κ2) is 7.07. The van der Waals surface area contributed by atoms with Crippen LogP contribution in [0.4, 0.5) is 0 Å². The number of ether oxygens (including phenoxy) is 2. The summed E-state index contributed by atoms with van der Waals surface area (Å²) in [5, 5.41) is 0. The summed E-state index contributed by atoms with van der Waals surface area (Å²) in [6, 6.07) is 20.9. The molecule has 0 saturated carbocycles. The van der Waals surface area contributed by atoms with Crippen molar-refractivity contribution >= 4 is 0 Å². The molecule has 0 aliphatic heterocycles. The third-order valence-electron chi connectivity index (χ3n) is 3.32. The molecule has 2 aromatic carbocycles. The highest BCUT2D eigenvalue weighted by Crippen LogP contribution is 2.29. The normalized spacial score (nSPS) is 12.6. The molecular formula is C17H20O2. The lowest BCUT2D eigenvalue weighted by atomic mass is 9.87. The topological polar surface area (TPSA) is 18.5 Å². The quantitative estimate of drug-likeness (QED) is 0.787. The fourth-order valence-electron chi connectivity index (χ4n) is 2.41. The summed E-state index contributed by atoms with van der Waals surface area (Å²) in [4.78, 5) is 0. The smallest absolute Gasteiger partial charge is 0.0913 e. The highest BCUT2D eigenvalue weighted by atomic mass is 16.5. The summed E-state index contributed by atoms with van der Waals surface area (Å²) in [5.41, 5.74) is 2.50. The number of benzene rings is 2. The van der Waals surface area contributed by atoms with E-state index >= 15 is 0 Å².